The maximum absolute atomic E-state index is 11.5. The van der Waals surface area contributed by atoms with E-state index < -0.39 is 10.0 Å². The van der Waals surface area contributed by atoms with Crippen molar-refractivity contribution in [3.05, 3.63) is 29.8 Å². The Bertz CT molecular complexity index is 575. The standard InChI is InChI=1S/C10H11N3O3S/c1-11-17(15,16)8-4-2-7(3-5-8)9-6-10(14)13-12-9/h2-5,11H,6H2,1H3,(H,13,14). The zero-order valence-corrected chi connectivity index (χ0v) is 9.91. The molecule has 0 radical (unpaired) electrons. The lowest BCUT2D eigenvalue weighted by Gasteiger charge is -2.03. The summed E-state index contributed by atoms with van der Waals surface area (Å²) in [5.74, 6) is -0.160. The van der Waals surface area contributed by atoms with Crippen LogP contribution in [0.15, 0.2) is 34.3 Å². The molecule has 1 aliphatic heterocycles. The van der Waals surface area contributed by atoms with Crippen LogP contribution in [-0.2, 0) is 14.8 Å². The minimum absolute atomic E-state index is 0.160. The maximum Gasteiger partial charge on any atom is 0.246 e. The topological polar surface area (TPSA) is 87.6 Å². The van der Waals surface area contributed by atoms with Crippen LogP contribution in [0.5, 0.6) is 0 Å². The molecular weight excluding hydrogens is 242 g/mol. The van der Waals surface area contributed by atoms with Gasteiger partial charge in [-0.05, 0) is 24.7 Å². The Morgan fingerprint density at radius 1 is 1.29 bits per heavy atom. The first-order chi connectivity index (χ1) is 8.03. The van der Waals surface area contributed by atoms with Gasteiger partial charge in [0.25, 0.3) is 0 Å². The van der Waals surface area contributed by atoms with Crippen molar-refractivity contribution in [3.63, 3.8) is 0 Å². The molecular formula is C10H11N3O3S. The Morgan fingerprint density at radius 2 is 1.94 bits per heavy atom. The van der Waals surface area contributed by atoms with E-state index in [1.165, 1.54) is 19.2 Å². The number of amides is 1. The van der Waals surface area contributed by atoms with Crippen molar-refractivity contribution in [1.29, 1.82) is 0 Å². The molecule has 0 spiro atoms. The fraction of sp³-hybridized carbons (Fsp3) is 0.200. The zero-order chi connectivity index (χ0) is 12.5. The number of benzene rings is 1. The van der Waals surface area contributed by atoms with Crippen molar-refractivity contribution in [3.8, 4) is 0 Å². The Balaban J connectivity index is 2.28. The lowest BCUT2D eigenvalue weighted by atomic mass is 10.1. The van der Waals surface area contributed by atoms with E-state index in [2.05, 4.69) is 15.2 Å². The van der Waals surface area contributed by atoms with Crippen LogP contribution in [0.2, 0.25) is 0 Å². The second kappa shape index (κ2) is 4.27. The molecule has 1 heterocycles. The van der Waals surface area contributed by atoms with Gasteiger partial charge >= 0.3 is 0 Å². The van der Waals surface area contributed by atoms with Crippen molar-refractivity contribution in [2.24, 2.45) is 5.10 Å². The number of hydrogen-bond acceptors (Lipinski definition) is 4. The molecule has 0 unspecified atom stereocenters. The number of carbonyl (C=O) groups excluding carboxylic acids is 1. The van der Waals surface area contributed by atoms with E-state index in [9.17, 15) is 13.2 Å². The first-order valence-electron chi connectivity index (χ1n) is 4.92. The summed E-state index contributed by atoms with van der Waals surface area (Å²) in [4.78, 5) is 11.1. The van der Waals surface area contributed by atoms with Gasteiger partial charge in [-0.15, -0.1) is 0 Å². The molecule has 17 heavy (non-hydrogen) atoms. The third-order valence-corrected chi connectivity index (χ3v) is 3.84. The highest BCUT2D eigenvalue weighted by molar-refractivity contribution is 7.89. The number of hydrazone groups is 1. The van der Waals surface area contributed by atoms with E-state index in [0.29, 0.717) is 5.71 Å². The lowest BCUT2D eigenvalue weighted by Crippen LogP contribution is -2.18. The highest BCUT2D eigenvalue weighted by Gasteiger charge is 2.17. The molecule has 90 valence electrons. The molecule has 0 fully saturated rings. The number of hydrogen-bond donors (Lipinski definition) is 2. The molecule has 0 aliphatic carbocycles. The van der Waals surface area contributed by atoms with Gasteiger partial charge in [-0.2, -0.15) is 5.10 Å². The van der Waals surface area contributed by atoms with E-state index in [1.807, 2.05) is 0 Å². The summed E-state index contributed by atoms with van der Waals surface area (Å²) in [5, 5.41) is 3.85. The van der Waals surface area contributed by atoms with Crippen LogP contribution >= 0.6 is 0 Å². The van der Waals surface area contributed by atoms with E-state index in [1.54, 1.807) is 12.1 Å². The first kappa shape index (κ1) is 11.7. The minimum Gasteiger partial charge on any atom is -0.273 e. The number of rotatable bonds is 3. The monoisotopic (exact) mass is 253 g/mol. The van der Waals surface area contributed by atoms with Crippen LogP contribution < -0.4 is 10.1 Å². The van der Waals surface area contributed by atoms with E-state index in [0.717, 1.165) is 5.56 Å². The average Bonchev–Trinajstić information content (AvgIpc) is 2.76. The molecule has 0 saturated heterocycles. The van der Waals surface area contributed by atoms with Crippen LogP contribution in [0.1, 0.15) is 12.0 Å². The van der Waals surface area contributed by atoms with Crippen molar-refractivity contribution in [2.75, 3.05) is 7.05 Å². The van der Waals surface area contributed by atoms with Gasteiger partial charge in [-0.25, -0.2) is 18.6 Å². The second-order valence-corrected chi connectivity index (χ2v) is 5.39. The second-order valence-electron chi connectivity index (χ2n) is 3.50. The molecule has 2 rings (SSSR count). The lowest BCUT2D eigenvalue weighted by molar-refractivity contribution is -0.119. The van der Waals surface area contributed by atoms with Crippen molar-refractivity contribution < 1.29 is 13.2 Å². The summed E-state index contributed by atoms with van der Waals surface area (Å²) in [7, 11) is -2.07. The molecule has 1 aromatic rings. The Kier molecular flexibility index (Phi) is 2.95. The minimum atomic E-state index is -3.42. The van der Waals surface area contributed by atoms with Crippen LogP contribution in [0.3, 0.4) is 0 Å². The SMILES string of the molecule is CNS(=O)(=O)c1ccc(C2=NNC(=O)C2)cc1. The predicted molar refractivity (Wildman–Crippen MR) is 62.0 cm³/mol. The zero-order valence-electron chi connectivity index (χ0n) is 9.10. The van der Waals surface area contributed by atoms with Crippen LogP contribution in [0, 0.1) is 0 Å². The summed E-state index contributed by atoms with van der Waals surface area (Å²) in [6.07, 6.45) is 0.220. The molecule has 0 saturated carbocycles. The molecule has 1 amide bonds. The summed E-state index contributed by atoms with van der Waals surface area (Å²) in [5.41, 5.74) is 3.69. The van der Waals surface area contributed by atoms with Crippen molar-refractivity contribution in [2.45, 2.75) is 11.3 Å². The molecule has 2 N–H and O–H groups in total. The normalized spacial score (nSPS) is 15.6. The van der Waals surface area contributed by atoms with E-state index >= 15 is 0 Å². The molecule has 7 heteroatoms. The highest BCUT2D eigenvalue weighted by Crippen LogP contribution is 2.13. The largest absolute Gasteiger partial charge is 0.273 e. The Hall–Kier alpha value is -1.73. The molecule has 0 aromatic heterocycles. The molecule has 6 nitrogen and oxygen atoms in total. The van der Waals surface area contributed by atoms with Crippen LogP contribution in [0.25, 0.3) is 0 Å². The Morgan fingerprint density at radius 3 is 2.41 bits per heavy atom. The van der Waals surface area contributed by atoms with Crippen LogP contribution in [-0.4, -0.2) is 27.1 Å². The van der Waals surface area contributed by atoms with Gasteiger partial charge in [-0.1, -0.05) is 12.1 Å². The quantitative estimate of drug-likeness (QED) is 0.783. The number of nitrogens with zero attached hydrogens (tertiary/aromatic N) is 1. The molecule has 1 aromatic carbocycles. The summed E-state index contributed by atoms with van der Waals surface area (Å²) in [6.45, 7) is 0. The van der Waals surface area contributed by atoms with Gasteiger partial charge in [-0.3, -0.25) is 4.79 Å². The van der Waals surface area contributed by atoms with Crippen LogP contribution in [0.4, 0.5) is 0 Å². The Labute approximate surface area is 98.8 Å². The van der Waals surface area contributed by atoms with Gasteiger partial charge in [0.2, 0.25) is 15.9 Å². The summed E-state index contributed by atoms with van der Waals surface area (Å²) in [6, 6.07) is 6.21. The van der Waals surface area contributed by atoms with Gasteiger partial charge < -0.3 is 0 Å². The average molecular weight is 253 g/mol. The molecule has 0 atom stereocenters. The summed E-state index contributed by atoms with van der Waals surface area (Å²) >= 11 is 0. The maximum atomic E-state index is 11.5. The number of sulfonamides is 1. The third kappa shape index (κ3) is 2.34. The summed E-state index contributed by atoms with van der Waals surface area (Å²) < 4.78 is 25.2. The number of carbonyl (C=O) groups is 1. The molecule has 0 bridgehead atoms. The smallest absolute Gasteiger partial charge is 0.246 e. The first-order valence-corrected chi connectivity index (χ1v) is 6.40. The predicted octanol–water partition coefficient (Wildman–Crippen LogP) is -0.181. The van der Waals surface area contributed by atoms with Gasteiger partial charge in [0, 0.05) is 0 Å². The highest BCUT2D eigenvalue weighted by atomic mass is 32.2. The third-order valence-electron chi connectivity index (χ3n) is 2.41. The van der Waals surface area contributed by atoms with Gasteiger partial charge in [0.15, 0.2) is 0 Å². The molecule has 1 aliphatic rings. The van der Waals surface area contributed by atoms with Gasteiger partial charge in [0.05, 0.1) is 17.0 Å². The van der Waals surface area contributed by atoms with Crippen molar-refractivity contribution in [1.82, 2.24) is 10.1 Å². The fourth-order valence-electron chi connectivity index (χ4n) is 1.47. The van der Waals surface area contributed by atoms with Crippen molar-refractivity contribution >= 4 is 21.6 Å². The van der Waals surface area contributed by atoms with E-state index in [4.69, 9.17) is 0 Å². The van der Waals surface area contributed by atoms with Gasteiger partial charge in [0.1, 0.15) is 0 Å². The fourth-order valence-corrected chi connectivity index (χ4v) is 2.20. The van der Waals surface area contributed by atoms with E-state index in [-0.39, 0.29) is 17.2 Å². The number of nitrogens with one attached hydrogen (secondary N) is 2.